The van der Waals surface area contributed by atoms with Crippen LogP contribution >= 0.6 is 12.2 Å². The summed E-state index contributed by atoms with van der Waals surface area (Å²) in [5.74, 6) is 0. The lowest BCUT2D eigenvalue weighted by Crippen LogP contribution is -2.48. The molecule has 1 aliphatic rings. The summed E-state index contributed by atoms with van der Waals surface area (Å²) in [4.78, 5) is 6.80. The van der Waals surface area contributed by atoms with Crippen LogP contribution in [0.2, 0.25) is 0 Å². The number of rotatable bonds is 2. The Hall–Kier alpha value is -1.20. The van der Waals surface area contributed by atoms with Crippen molar-refractivity contribution in [1.29, 1.82) is 0 Å². The monoisotopic (exact) mass is 265 g/mol. The molecule has 1 aromatic rings. The lowest BCUT2D eigenvalue weighted by atomic mass is 9.81. The highest BCUT2D eigenvalue weighted by atomic mass is 32.1. The van der Waals surface area contributed by atoms with Crippen molar-refractivity contribution in [3.8, 4) is 0 Å². The van der Waals surface area contributed by atoms with E-state index in [4.69, 9.17) is 18.0 Å². The molecular formula is C13H19N3OS. The van der Waals surface area contributed by atoms with Gasteiger partial charge in [0.25, 0.3) is 0 Å². The van der Waals surface area contributed by atoms with Crippen molar-refractivity contribution in [3.05, 3.63) is 24.0 Å². The van der Waals surface area contributed by atoms with Crippen LogP contribution in [0.1, 0.15) is 26.0 Å². The van der Waals surface area contributed by atoms with Crippen LogP contribution in [-0.4, -0.2) is 34.3 Å². The van der Waals surface area contributed by atoms with Crippen LogP contribution in [0.15, 0.2) is 18.3 Å². The second kappa shape index (κ2) is 4.82. The van der Waals surface area contributed by atoms with Crippen LogP contribution in [0, 0.1) is 5.41 Å². The minimum atomic E-state index is -0.238. The fourth-order valence-corrected chi connectivity index (χ4v) is 2.41. The van der Waals surface area contributed by atoms with Crippen LogP contribution in [-0.2, 0) is 0 Å². The largest absolute Gasteiger partial charge is 0.392 e. The van der Waals surface area contributed by atoms with Crippen LogP contribution in [0.3, 0.4) is 0 Å². The molecule has 18 heavy (non-hydrogen) atoms. The second-order valence-electron chi connectivity index (χ2n) is 5.48. The van der Waals surface area contributed by atoms with Crippen molar-refractivity contribution in [2.45, 2.75) is 26.4 Å². The van der Waals surface area contributed by atoms with E-state index in [1.54, 1.807) is 6.20 Å². The molecule has 1 unspecified atom stereocenters. The first-order chi connectivity index (χ1) is 8.40. The Morgan fingerprint density at radius 2 is 2.28 bits per heavy atom. The van der Waals surface area contributed by atoms with Gasteiger partial charge in [0.2, 0.25) is 0 Å². The first-order valence-electron chi connectivity index (χ1n) is 6.09. The smallest absolute Gasteiger partial charge is 0.122 e. The summed E-state index contributed by atoms with van der Waals surface area (Å²) in [7, 11) is 0. The number of anilines is 1. The maximum atomic E-state index is 9.94. The van der Waals surface area contributed by atoms with Gasteiger partial charge in [-0.3, -0.25) is 4.98 Å². The van der Waals surface area contributed by atoms with E-state index in [2.05, 4.69) is 23.7 Å². The zero-order valence-electron chi connectivity index (χ0n) is 10.8. The molecule has 1 aromatic heterocycles. The number of hydrogen-bond acceptors (Lipinski definition) is 4. The quantitative estimate of drug-likeness (QED) is 0.790. The third kappa shape index (κ3) is 2.62. The van der Waals surface area contributed by atoms with Gasteiger partial charge in [0.1, 0.15) is 4.99 Å². The number of nitrogens with zero attached hydrogens (tertiary/aromatic N) is 2. The van der Waals surface area contributed by atoms with Crippen molar-refractivity contribution >= 4 is 22.9 Å². The fourth-order valence-electron chi connectivity index (χ4n) is 2.28. The van der Waals surface area contributed by atoms with Gasteiger partial charge in [0, 0.05) is 18.5 Å². The minimum Gasteiger partial charge on any atom is -0.392 e. The average Bonchev–Trinajstić information content (AvgIpc) is 2.33. The molecule has 1 fully saturated rings. The molecule has 1 aliphatic heterocycles. The fraction of sp³-hybridized carbons (Fsp3) is 0.538. The van der Waals surface area contributed by atoms with Gasteiger partial charge in [0.15, 0.2) is 0 Å². The molecule has 2 rings (SSSR count). The van der Waals surface area contributed by atoms with Crippen molar-refractivity contribution < 1.29 is 5.11 Å². The van der Waals surface area contributed by atoms with Gasteiger partial charge in [-0.1, -0.05) is 26.1 Å². The number of aromatic nitrogens is 1. The Morgan fingerprint density at radius 1 is 1.56 bits per heavy atom. The van der Waals surface area contributed by atoms with Crippen LogP contribution in [0.4, 0.5) is 5.69 Å². The van der Waals surface area contributed by atoms with Gasteiger partial charge in [-0.25, -0.2) is 0 Å². The number of pyridine rings is 1. The third-order valence-electron chi connectivity index (χ3n) is 3.54. The summed E-state index contributed by atoms with van der Waals surface area (Å²) in [5.41, 5.74) is 7.12. The first kappa shape index (κ1) is 13.2. The molecule has 98 valence electrons. The molecule has 0 amide bonds. The maximum Gasteiger partial charge on any atom is 0.122 e. The van der Waals surface area contributed by atoms with E-state index in [-0.39, 0.29) is 11.5 Å². The van der Waals surface area contributed by atoms with E-state index in [9.17, 15) is 5.11 Å². The highest BCUT2D eigenvalue weighted by Crippen LogP contribution is 2.31. The first-order valence-corrected chi connectivity index (χ1v) is 6.50. The summed E-state index contributed by atoms with van der Waals surface area (Å²) in [6.45, 7) is 5.84. The third-order valence-corrected chi connectivity index (χ3v) is 3.75. The Labute approximate surface area is 113 Å². The Bertz CT molecular complexity index is 444. The van der Waals surface area contributed by atoms with Gasteiger partial charge in [-0.2, -0.15) is 0 Å². The molecule has 1 atom stereocenters. The van der Waals surface area contributed by atoms with Crippen molar-refractivity contribution in [3.63, 3.8) is 0 Å². The zero-order valence-corrected chi connectivity index (χ0v) is 11.6. The molecule has 0 aliphatic carbocycles. The summed E-state index contributed by atoms with van der Waals surface area (Å²) >= 11 is 4.88. The molecule has 2 heterocycles. The Kier molecular flexibility index (Phi) is 3.54. The number of nitrogens with two attached hydrogens (primary N) is 1. The predicted octanol–water partition coefficient (Wildman–Crippen LogP) is 1.31. The van der Waals surface area contributed by atoms with Crippen LogP contribution in [0.5, 0.6) is 0 Å². The van der Waals surface area contributed by atoms with Crippen molar-refractivity contribution in [2.24, 2.45) is 11.1 Å². The Morgan fingerprint density at radius 3 is 2.78 bits per heavy atom. The number of hydrogen-bond donors (Lipinski definition) is 2. The Balaban J connectivity index is 2.15. The highest BCUT2D eigenvalue weighted by Gasteiger charge is 2.34. The molecule has 0 spiro atoms. The number of aliphatic hydroxyl groups is 1. The molecule has 4 nitrogen and oxygen atoms in total. The topological polar surface area (TPSA) is 62.4 Å². The van der Waals surface area contributed by atoms with Gasteiger partial charge in [0.05, 0.1) is 23.7 Å². The maximum absolute atomic E-state index is 9.94. The van der Waals surface area contributed by atoms with E-state index < -0.39 is 0 Å². The van der Waals surface area contributed by atoms with Crippen molar-refractivity contribution in [1.82, 2.24) is 4.98 Å². The molecule has 0 aromatic carbocycles. The van der Waals surface area contributed by atoms with Gasteiger partial charge < -0.3 is 15.7 Å². The molecule has 0 saturated carbocycles. The highest BCUT2D eigenvalue weighted by molar-refractivity contribution is 7.80. The van der Waals surface area contributed by atoms with E-state index >= 15 is 0 Å². The van der Waals surface area contributed by atoms with Gasteiger partial charge in [-0.05, 0) is 18.6 Å². The van der Waals surface area contributed by atoms with Gasteiger partial charge in [-0.15, -0.1) is 0 Å². The van der Waals surface area contributed by atoms with E-state index in [0.717, 1.165) is 25.2 Å². The summed E-state index contributed by atoms with van der Waals surface area (Å²) in [6, 6.07) is 3.82. The number of thiocarbonyl (C=S) groups is 1. The van der Waals surface area contributed by atoms with E-state index in [1.807, 2.05) is 12.1 Å². The number of piperidine rings is 1. The lowest BCUT2D eigenvalue weighted by molar-refractivity contribution is 0.0336. The van der Waals surface area contributed by atoms with E-state index in [1.165, 1.54) is 0 Å². The summed E-state index contributed by atoms with van der Waals surface area (Å²) < 4.78 is 0. The summed E-state index contributed by atoms with van der Waals surface area (Å²) in [6.07, 6.45) is 2.34. The summed E-state index contributed by atoms with van der Waals surface area (Å²) in [5, 5.41) is 9.94. The SMILES string of the molecule is CC1(C)CN(c2ccc(C(N)=S)nc2)CCC1O. The number of aliphatic hydroxyl groups excluding tert-OH is 1. The average molecular weight is 265 g/mol. The van der Waals surface area contributed by atoms with E-state index in [0.29, 0.717) is 10.7 Å². The predicted molar refractivity (Wildman–Crippen MR) is 76.7 cm³/mol. The lowest BCUT2D eigenvalue weighted by Gasteiger charge is -2.42. The standard InChI is InChI=1S/C13H19N3OS/c1-13(2)8-16(6-5-11(13)17)9-3-4-10(12(14)18)15-7-9/h3-4,7,11,17H,5-6,8H2,1-2H3,(H2,14,18). The molecule has 0 bridgehead atoms. The molecule has 5 heteroatoms. The van der Waals surface area contributed by atoms with Crippen LogP contribution in [0.25, 0.3) is 0 Å². The normalized spacial score (nSPS) is 22.8. The molecule has 1 saturated heterocycles. The van der Waals surface area contributed by atoms with Crippen LogP contribution < -0.4 is 10.6 Å². The molecule has 0 radical (unpaired) electrons. The molecular weight excluding hydrogens is 246 g/mol. The molecule has 3 N–H and O–H groups in total. The zero-order chi connectivity index (χ0) is 13.3. The second-order valence-corrected chi connectivity index (χ2v) is 5.92. The van der Waals surface area contributed by atoms with Crippen molar-refractivity contribution in [2.75, 3.05) is 18.0 Å². The van der Waals surface area contributed by atoms with Gasteiger partial charge >= 0.3 is 0 Å². The minimum absolute atomic E-state index is 0.0971.